The number of rotatable bonds is 4. The number of hydrogen-bond donors (Lipinski definition) is 1. The van der Waals surface area contributed by atoms with Crippen molar-refractivity contribution >= 4 is 17.2 Å². The molecule has 1 N–H and O–H groups in total. The van der Waals surface area contributed by atoms with Crippen LogP contribution in [0.3, 0.4) is 0 Å². The number of carbonyl (C=O) groups is 1. The number of halogens is 1. The number of thiophene rings is 1. The van der Waals surface area contributed by atoms with Crippen molar-refractivity contribution in [3.63, 3.8) is 0 Å². The topological polar surface area (TPSA) is 71.2 Å². The van der Waals surface area contributed by atoms with Gasteiger partial charge in [-0.25, -0.2) is 14.1 Å². The van der Waals surface area contributed by atoms with E-state index in [2.05, 4.69) is 10.1 Å². The summed E-state index contributed by atoms with van der Waals surface area (Å²) in [7, 11) is 0. The normalized spacial score (nSPS) is 14.6. The van der Waals surface area contributed by atoms with Crippen molar-refractivity contribution in [2.24, 2.45) is 0 Å². The largest absolute Gasteiger partial charge is 0.508 e. The van der Waals surface area contributed by atoms with Gasteiger partial charge in [-0.15, -0.1) is 16.4 Å². The van der Waals surface area contributed by atoms with Crippen molar-refractivity contribution in [2.75, 3.05) is 13.1 Å². The Kier molecular flexibility index (Phi) is 5.45. The number of piperidine rings is 1. The minimum Gasteiger partial charge on any atom is -0.508 e. The number of aromatic hydroxyl groups is 1. The van der Waals surface area contributed by atoms with Gasteiger partial charge in [0, 0.05) is 13.1 Å². The second kappa shape index (κ2) is 8.55. The van der Waals surface area contributed by atoms with Gasteiger partial charge in [0.15, 0.2) is 5.82 Å². The van der Waals surface area contributed by atoms with Gasteiger partial charge < -0.3 is 10.0 Å². The van der Waals surface area contributed by atoms with Gasteiger partial charge in [-0.1, -0.05) is 18.2 Å². The summed E-state index contributed by atoms with van der Waals surface area (Å²) in [5.41, 5.74) is 1.82. The van der Waals surface area contributed by atoms with Gasteiger partial charge >= 0.3 is 0 Å². The molecule has 1 aliphatic heterocycles. The maximum atomic E-state index is 13.4. The van der Waals surface area contributed by atoms with Crippen molar-refractivity contribution < 1.29 is 14.3 Å². The summed E-state index contributed by atoms with van der Waals surface area (Å²) in [5, 5.41) is 15.9. The highest BCUT2D eigenvalue weighted by Gasteiger charge is 2.28. The Morgan fingerprint density at radius 2 is 1.75 bits per heavy atom. The summed E-state index contributed by atoms with van der Waals surface area (Å²) < 4.78 is 15.0. The maximum Gasteiger partial charge on any atom is 0.293 e. The number of aromatic nitrogens is 3. The molecule has 0 unspecified atom stereocenters. The van der Waals surface area contributed by atoms with Crippen LogP contribution in [-0.4, -0.2) is 43.8 Å². The minimum atomic E-state index is -0.334. The lowest BCUT2D eigenvalue weighted by atomic mass is 9.89. The lowest BCUT2D eigenvalue weighted by Crippen LogP contribution is -2.38. The SMILES string of the molecule is O=C(c1nc(-c2cccs2)n(-c2ccc(F)cc2)n1)N1CCC(c2ccc(O)cc2)CC1. The molecule has 5 rings (SSSR count). The molecule has 3 heterocycles. The minimum absolute atomic E-state index is 0.140. The number of phenols is 1. The Morgan fingerprint density at radius 3 is 2.41 bits per heavy atom. The van der Waals surface area contributed by atoms with Crippen LogP contribution in [0.4, 0.5) is 4.39 Å². The first-order valence-electron chi connectivity index (χ1n) is 10.4. The first-order chi connectivity index (χ1) is 15.6. The van der Waals surface area contributed by atoms with Crippen LogP contribution in [0.1, 0.15) is 34.9 Å². The molecule has 162 valence electrons. The van der Waals surface area contributed by atoms with E-state index >= 15 is 0 Å². The summed E-state index contributed by atoms with van der Waals surface area (Å²) in [5.74, 6) is 0.777. The van der Waals surface area contributed by atoms with Crippen LogP contribution in [0.15, 0.2) is 66.0 Å². The van der Waals surface area contributed by atoms with Gasteiger partial charge in [0.1, 0.15) is 11.6 Å². The Bertz CT molecular complexity index is 1210. The Labute approximate surface area is 188 Å². The third-order valence-corrected chi connectivity index (χ3v) is 6.62. The fourth-order valence-electron chi connectivity index (χ4n) is 4.03. The van der Waals surface area contributed by atoms with Crippen LogP contribution in [0, 0.1) is 5.82 Å². The van der Waals surface area contributed by atoms with E-state index < -0.39 is 0 Å². The van der Waals surface area contributed by atoms with E-state index in [0.29, 0.717) is 30.5 Å². The van der Waals surface area contributed by atoms with E-state index in [4.69, 9.17) is 0 Å². The predicted octanol–water partition coefficient (Wildman–Crippen LogP) is 4.86. The van der Waals surface area contributed by atoms with E-state index in [9.17, 15) is 14.3 Å². The fourth-order valence-corrected chi connectivity index (χ4v) is 4.73. The second-order valence-electron chi connectivity index (χ2n) is 7.78. The maximum absolute atomic E-state index is 13.4. The van der Waals surface area contributed by atoms with E-state index in [-0.39, 0.29) is 23.3 Å². The highest BCUT2D eigenvalue weighted by atomic mass is 32.1. The Morgan fingerprint density at radius 1 is 1.03 bits per heavy atom. The van der Waals surface area contributed by atoms with Crippen LogP contribution in [0.5, 0.6) is 5.75 Å². The van der Waals surface area contributed by atoms with E-state index in [1.165, 1.54) is 29.0 Å². The third kappa shape index (κ3) is 4.01. The van der Waals surface area contributed by atoms with Crippen LogP contribution in [0.2, 0.25) is 0 Å². The van der Waals surface area contributed by atoms with Crippen molar-refractivity contribution in [1.82, 2.24) is 19.7 Å². The number of likely N-dealkylation sites (tertiary alicyclic amines) is 1. The molecule has 4 aromatic rings. The van der Waals surface area contributed by atoms with Gasteiger partial charge in [0.25, 0.3) is 5.91 Å². The van der Waals surface area contributed by atoms with E-state index in [0.717, 1.165) is 17.7 Å². The zero-order valence-electron chi connectivity index (χ0n) is 17.2. The molecule has 0 aliphatic carbocycles. The molecule has 1 saturated heterocycles. The zero-order valence-corrected chi connectivity index (χ0v) is 18.0. The molecule has 1 fully saturated rings. The van der Waals surface area contributed by atoms with Crippen molar-refractivity contribution in [2.45, 2.75) is 18.8 Å². The van der Waals surface area contributed by atoms with Crippen LogP contribution < -0.4 is 0 Å². The molecular formula is C24H21FN4O2S. The van der Waals surface area contributed by atoms with Crippen molar-refractivity contribution in [3.05, 3.63) is 83.2 Å². The number of nitrogens with zero attached hydrogens (tertiary/aromatic N) is 4. The summed E-state index contributed by atoms with van der Waals surface area (Å²) in [4.78, 5) is 20.4. The fraction of sp³-hybridized carbons (Fsp3) is 0.208. The first-order valence-corrected chi connectivity index (χ1v) is 11.3. The van der Waals surface area contributed by atoms with Gasteiger partial charge in [-0.3, -0.25) is 4.79 Å². The summed E-state index contributed by atoms with van der Waals surface area (Å²) in [6.07, 6.45) is 1.68. The molecule has 6 nitrogen and oxygen atoms in total. The van der Waals surface area contributed by atoms with E-state index in [1.807, 2.05) is 29.6 Å². The summed E-state index contributed by atoms with van der Waals surface area (Å²) >= 11 is 1.51. The van der Waals surface area contributed by atoms with Crippen molar-refractivity contribution in [1.29, 1.82) is 0 Å². The number of benzene rings is 2. The average molecular weight is 449 g/mol. The molecule has 1 amide bonds. The molecule has 32 heavy (non-hydrogen) atoms. The summed E-state index contributed by atoms with van der Waals surface area (Å²) in [6.45, 7) is 1.23. The Hall–Kier alpha value is -3.52. The molecular weight excluding hydrogens is 427 g/mol. The number of phenolic OH excluding ortho intramolecular Hbond substituents is 1. The molecule has 0 bridgehead atoms. The molecule has 0 spiro atoms. The molecule has 0 atom stereocenters. The van der Waals surface area contributed by atoms with Crippen molar-refractivity contribution in [3.8, 4) is 22.1 Å². The number of amides is 1. The Balaban J connectivity index is 1.38. The second-order valence-corrected chi connectivity index (χ2v) is 8.73. The van der Waals surface area contributed by atoms with Crippen LogP contribution in [0.25, 0.3) is 16.4 Å². The third-order valence-electron chi connectivity index (χ3n) is 5.76. The van der Waals surface area contributed by atoms with Gasteiger partial charge in [-0.05, 0) is 72.2 Å². The lowest BCUT2D eigenvalue weighted by Gasteiger charge is -2.31. The number of carbonyl (C=O) groups excluding carboxylic acids is 1. The molecule has 1 aliphatic rings. The van der Waals surface area contributed by atoms with E-state index in [1.54, 1.807) is 33.8 Å². The molecule has 0 saturated carbocycles. The zero-order chi connectivity index (χ0) is 22.1. The van der Waals surface area contributed by atoms with Gasteiger partial charge in [-0.2, -0.15) is 0 Å². The van der Waals surface area contributed by atoms with Gasteiger partial charge in [0.2, 0.25) is 5.82 Å². The highest BCUT2D eigenvalue weighted by molar-refractivity contribution is 7.13. The lowest BCUT2D eigenvalue weighted by molar-refractivity contribution is 0.0700. The predicted molar refractivity (Wildman–Crippen MR) is 121 cm³/mol. The monoisotopic (exact) mass is 448 g/mol. The van der Waals surface area contributed by atoms with Gasteiger partial charge in [0.05, 0.1) is 10.6 Å². The molecule has 2 aromatic carbocycles. The van der Waals surface area contributed by atoms with Crippen LogP contribution >= 0.6 is 11.3 Å². The molecule has 2 aromatic heterocycles. The highest BCUT2D eigenvalue weighted by Crippen LogP contribution is 2.30. The quantitative estimate of drug-likeness (QED) is 0.484. The molecule has 8 heteroatoms. The smallest absolute Gasteiger partial charge is 0.293 e. The van der Waals surface area contributed by atoms with Crippen LogP contribution in [-0.2, 0) is 0 Å². The standard InChI is InChI=1S/C24H21FN4O2S/c25-18-5-7-19(8-6-18)29-23(21-2-1-15-32-21)26-22(27-29)24(31)28-13-11-17(12-14-28)16-3-9-20(30)10-4-16/h1-10,15,17,30H,11-14H2. The molecule has 0 radical (unpaired) electrons. The first kappa shape index (κ1) is 20.4. The number of hydrogen-bond acceptors (Lipinski definition) is 5. The average Bonchev–Trinajstić information content (AvgIpc) is 3.50. The summed E-state index contributed by atoms with van der Waals surface area (Å²) in [6, 6.07) is 17.1.